The van der Waals surface area contributed by atoms with Crippen LogP contribution >= 0.6 is 0 Å². The first kappa shape index (κ1) is 12.2. The van der Waals surface area contributed by atoms with Gasteiger partial charge in [0.1, 0.15) is 12.4 Å². The average Bonchev–Trinajstić information content (AvgIpc) is 2.25. The average molecular weight is 234 g/mol. The molecule has 0 aliphatic carbocycles. The molecule has 1 heterocycles. The second-order valence-corrected chi connectivity index (χ2v) is 2.87. The monoisotopic (exact) mass is 234 g/mol. The van der Waals surface area contributed by atoms with E-state index in [1.54, 1.807) is 5.32 Å². The number of halogens is 3. The lowest BCUT2D eigenvalue weighted by Gasteiger charge is -2.08. The molecule has 1 amide bonds. The van der Waals surface area contributed by atoms with E-state index in [-0.39, 0.29) is 11.4 Å². The topological polar surface area (TPSA) is 80.0 Å². The maximum atomic E-state index is 11.8. The number of carbonyl (C=O) groups excluding carboxylic acids is 1. The van der Waals surface area contributed by atoms with Crippen molar-refractivity contribution >= 4 is 11.7 Å². The summed E-state index contributed by atoms with van der Waals surface area (Å²) in [7, 11) is 0. The van der Waals surface area contributed by atoms with Crippen LogP contribution in [-0.2, 0) is 0 Å². The van der Waals surface area contributed by atoms with Crippen LogP contribution in [0, 0.1) is 0 Å². The minimum absolute atomic E-state index is 0.0483. The molecule has 1 rings (SSSR count). The second-order valence-electron chi connectivity index (χ2n) is 2.87. The molecule has 0 radical (unpaired) electrons. The molecule has 0 atom stereocenters. The van der Waals surface area contributed by atoms with Crippen LogP contribution in [0.5, 0.6) is 0 Å². The van der Waals surface area contributed by atoms with Crippen molar-refractivity contribution in [1.29, 1.82) is 0 Å². The van der Waals surface area contributed by atoms with E-state index in [4.69, 9.17) is 5.84 Å². The van der Waals surface area contributed by atoms with Crippen LogP contribution in [0.4, 0.5) is 19.0 Å². The minimum atomic E-state index is -4.43. The first-order chi connectivity index (χ1) is 7.42. The number of hydrogen-bond acceptors (Lipinski definition) is 4. The summed E-state index contributed by atoms with van der Waals surface area (Å²) in [6.45, 7) is -1.38. The van der Waals surface area contributed by atoms with Crippen molar-refractivity contribution in [3.8, 4) is 0 Å². The van der Waals surface area contributed by atoms with Crippen LogP contribution in [0.15, 0.2) is 18.3 Å². The van der Waals surface area contributed by atoms with Gasteiger partial charge >= 0.3 is 6.18 Å². The highest BCUT2D eigenvalue weighted by Crippen LogP contribution is 2.13. The van der Waals surface area contributed by atoms with E-state index < -0.39 is 18.6 Å². The van der Waals surface area contributed by atoms with Gasteiger partial charge in [-0.3, -0.25) is 4.79 Å². The highest BCUT2D eigenvalue weighted by molar-refractivity contribution is 5.94. The zero-order valence-corrected chi connectivity index (χ0v) is 8.01. The molecule has 1 aromatic heterocycles. The number of hydrazine groups is 1. The van der Waals surface area contributed by atoms with Crippen LogP contribution in [0.25, 0.3) is 0 Å². The van der Waals surface area contributed by atoms with Gasteiger partial charge in [-0.15, -0.1) is 0 Å². The maximum absolute atomic E-state index is 11.8. The van der Waals surface area contributed by atoms with E-state index in [2.05, 4.69) is 10.4 Å². The summed E-state index contributed by atoms with van der Waals surface area (Å²) < 4.78 is 35.5. The number of amides is 1. The first-order valence-electron chi connectivity index (χ1n) is 4.20. The Kier molecular flexibility index (Phi) is 3.67. The lowest BCUT2D eigenvalue weighted by Crippen LogP contribution is -2.33. The summed E-state index contributed by atoms with van der Waals surface area (Å²) in [5.41, 5.74) is 2.23. The number of rotatable bonds is 3. The molecule has 1 aromatic rings. The first-order valence-corrected chi connectivity index (χ1v) is 4.20. The number of nitrogens with two attached hydrogens (primary N) is 1. The highest BCUT2D eigenvalue weighted by atomic mass is 19.4. The Morgan fingerprint density at radius 3 is 2.75 bits per heavy atom. The predicted octanol–water partition coefficient (Wildman–Crippen LogP) is 0.659. The van der Waals surface area contributed by atoms with Crippen molar-refractivity contribution in [2.24, 2.45) is 5.84 Å². The summed E-state index contributed by atoms with van der Waals surface area (Å²) >= 11 is 0. The molecule has 0 aliphatic heterocycles. The molecule has 0 spiro atoms. The molecule has 88 valence electrons. The fourth-order valence-electron chi connectivity index (χ4n) is 0.933. The number of aromatic nitrogens is 1. The van der Waals surface area contributed by atoms with Gasteiger partial charge in [-0.1, -0.05) is 0 Å². The molecule has 0 unspecified atom stereocenters. The highest BCUT2D eigenvalue weighted by Gasteiger charge is 2.27. The molecule has 4 N–H and O–H groups in total. The van der Waals surface area contributed by atoms with E-state index in [1.807, 2.05) is 0 Å². The number of pyridine rings is 1. The molecule has 0 bridgehead atoms. The van der Waals surface area contributed by atoms with E-state index in [9.17, 15) is 18.0 Å². The Labute approximate surface area is 88.8 Å². The molecular weight excluding hydrogens is 225 g/mol. The van der Waals surface area contributed by atoms with Gasteiger partial charge in [0.25, 0.3) is 5.91 Å². The van der Waals surface area contributed by atoms with E-state index in [1.165, 1.54) is 18.3 Å². The third kappa shape index (κ3) is 3.73. The van der Waals surface area contributed by atoms with Crippen LogP contribution < -0.4 is 16.6 Å². The van der Waals surface area contributed by atoms with Crippen molar-refractivity contribution in [3.63, 3.8) is 0 Å². The van der Waals surface area contributed by atoms with Gasteiger partial charge in [-0.2, -0.15) is 13.2 Å². The standard InChI is InChI=1S/C8H9F3N4O/c9-8(10,11)4-14-7(16)5-1-2-13-6(3-5)15-12/h1-3H,4,12H2,(H,13,15)(H,14,16). The third-order valence-corrected chi connectivity index (χ3v) is 1.62. The molecule has 0 fully saturated rings. The SMILES string of the molecule is NNc1cc(C(=O)NCC(F)(F)F)ccn1. The van der Waals surface area contributed by atoms with Gasteiger partial charge in [0, 0.05) is 11.8 Å². The van der Waals surface area contributed by atoms with Crippen LogP contribution in [0.1, 0.15) is 10.4 Å². The van der Waals surface area contributed by atoms with Crippen LogP contribution in [-0.4, -0.2) is 23.6 Å². The van der Waals surface area contributed by atoms with Gasteiger partial charge in [-0.25, -0.2) is 10.8 Å². The number of anilines is 1. The fourth-order valence-corrected chi connectivity index (χ4v) is 0.933. The normalized spacial score (nSPS) is 11.0. The van der Waals surface area contributed by atoms with Crippen molar-refractivity contribution in [2.75, 3.05) is 12.0 Å². The Balaban J connectivity index is 2.66. The third-order valence-electron chi connectivity index (χ3n) is 1.62. The summed E-state index contributed by atoms with van der Waals surface area (Å²) in [5.74, 6) is 4.40. The van der Waals surface area contributed by atoms with Gasteiger partial charge in [0.05, 0.1) is 0 Å². The molecule has 0 saturated carbocycles. The van der Waals surface area contributed by atoms with Crippen LogP contribution in [0.3, 0.4) is 0 Å². The molecule has 16 heavy (non-hydrogen) atoms. The quantitative estimate of drug-likeness (QED) is 0.530. The summed E-state index contributed by atoms with van der Waals surface area (Å²) in [4.78, 5) is 15.0. The number of alkyl halides is 3. The number of carbonyl (C=O) groups is 1. The maximum Gasteiger partial charge on any atom is 0.405 e. The zero-order valence-electron chi connectivity index (χ0n) is 8.01. The zero-order chi connectivity index (χ0) is 12.2. The van der Waals surface area contributed by atoms with Crippen molar-refractivity contribution < 1.29 is 18.0 Å². The van der Waals surface area contributed by atoms with Gasteiger partial charge in [-0.05, 0) is 12.1 Å². The number of nitrogen functional groups attached to an aromatic ring is 1. The molecule has 0 saturated heterocycles. The van der Waals surface area contributed by atoms with Crippen molar-refractivity contribution in [1.82, 2.24) is 10.3 Å². The Hall–Kier alpha value is -1.83. The van der Waals surface area contributed by atoms with Gasteiger partial charge in [0.15, 0.2) is 0 Å². The van der Waals surface area contributed by atoms with Crippen LogP contribution in [0.2, 0.25) is 0 Å². The minimum Gasteiger partial charge on any atom is -0.343 e. The van der Waals surface area contributed by atoms with Gasteiger partial charge < -0.3 is 10.7 Å². The molecule has 0 aromatic carbocycles. The lowest BCUT2D eigenvalue weighted by atomic mass is 10.2. The predicted molar refractivity (Wildman–Crippen MR) is 50.4 cm³/mol. The summed E-state index contributed by atoms with van der Waals surface area (Å²) in [6, 6.07) is 2.53. The fraction of sp³-hybridized carbons (Fsp3) is 0.250. The molecule has 0 aliphatic rings. The molecular formula is C8H9F3N4O. The second kappa shape index (κ2) is 4.79. The van der Waals surface area contributed by atoms with E-state index >= 15 is 0 Å². The molecule has 5 nitrogen and oxygen atoms in total. The number of hydrogen-bond donors (Lipinski definition) is 3. The number of nitrogens with zero attached hydrogens (tertiary/aromatic N) is 1. The molecule has 8 heteroatoms. The Morgan fingerprint density at radius 2 is 2.19 bits per heavy atom. The summed E-state index contributed by atoms with van der Waals surface area (Å²) in [5, 5.41) is 1.73. The summed E-state index contributed by atoms with van der Waals surface area (Å²) in [6.07, 6.45) is -3.17. The lowest BCUT2D eigenvalue weighted by molar-refractivity contribution is -0.123. The smallest absolute Gasteiger partial charge is 0.343 e. The van der Waals surface area contributed by atoms with Crippen molar-refractivity contribution in [2.45, 2.75) is 6.18 Å². The largest absolute Gasteiger partial charge is 0.405 e. The van der Waals surface area contributed by atoms with E-state index in [0.29, 0.717) is 0 Å². The Morgan fingerprint density at radius 1 is 1.50 bits per heavy atom. The van der Waals surface area contributed by atoms with E-state index in [0.717, 1.165) is 0 Å². The van der Waals surface area contributed by atoms with Gasteiger partial charge in [0.2, 0.25) is 0 Å². The Bertz CT molecular complexity index is 380. The number of nitrogens with one attached hydrogen (secondary N) is 2. The van der Waals surface area contributed by atoms with Crippen molar-refractivity contribution in [3.05, 3.63) is 23.9 Å².